The summed E-state index contributed by atoms with van der Waals surface area (Å²) >= 11 is 0.351. The second-order valence-electron chi connectivity index (χ2n) is 9.12. The Morgan fingerprint density at radius 1 is 1.40 bits per heavy atom. The summed E-state index contributed by atoms with van der Waals surface area (Å²) < 4.78 is 57.9. The highest BCUT2D eigenvalue weighted by Crippen LogP contribution is 2.36. The summed E-state index contributed by atoms with van der Waals surface area (Å²) in [5, 5.41) is 9.58. The Hall–Kier alpha value is -0.610. The van der Waals surface area contributed by atoms with Gasteiger partial charge in [0, 0.05) is 20.5 Å². The maximum atomic E-state index is 14.8. The van der Waals surface area contributed by atoms with E-state index in [1.54, 1.807) is 46.0 Å². The summed E-state index contributed by atoms with van der Waals surface area (Å²) in [5.74, 6) is -0.750. The number of nitriles is 1. The van der Waals surface area contributed by atoms with Gasteiger partial charge < -0.3 is 4.55 Å². The minimum Gasteiger partial charge on any atom is -0.598 e. The summed E-state index contributed by atoms with van der Waals surface area (Å²) in [6.45, 7) is 8.47. The van der Waals surface area contributed by atoms with Crippen molar-refractivity contribution < 1.29 is 17.4 Å². The first-order chi connectivity index (χ1) is 13.7. The molecule has 1 aromatic carbocycles. The van der Waals surface area contributed by atoms with Crippen molar-refractivity contribution in [1.29, 1.82) is 5.26 Å². The summed E-state index contributed by atoms with van der Waals surface area (Å²) in [4.78, 5) is 0. The smallest absolute Gasteiger partial charge is 0.245 e. The van der Waals surface area contributed by atoms with E-state index in [1.807, 2.05) is 22.6 Å². The molecule has 0 unspecified atom stereocenters. The van der Waals surface area contributed by atoms with Crippen LogP contribution in [0.5, 0.6) is 0 Å². The van der Waals surface area contributed by atoms with Crippen LogP contribution in [0.3, 0.4) is 0 Å². The molecule has 0 heterocycles. The molecule has 30 heavy (non-hydrogen) atoms. The third-order valence-electron chi connectivity index (χ3n) is 5.04. The fraction of sp³-hybridized carbons (Fsp3) is 0.650. The van der Waals surface area contributed by atoms with Gasteiger partial charge in [-0.25, -0.2) is 17.1 Å². The van der Waals surface area contributed by atoms with E-state index < -0.39 is 49.3 Å². The van der Waals surface area contributed by atoms with Crippen LogP contribution >= 0.6 is 22.6 Å². The Balaban J connectivity index is 2.45. The number of rotatable bonds is 9. The third kappa shape index (κ3) is 6.45. The van der Waals surface area contributed by atoms with E-state index in [0.717, 1.165) is 20.7 Å². The van der Waals surface area contributed by atoms with Crippen LogP contribution in [0, 0.1) is 26.8 Å². The summed E-state index contributed by atoms with van der Waals surface area (Å²) in [7, 11) is -4.11. The van der Waals surface area contributed by atoms with Crippen molar-refractivity contribution >= 4 is 44.0 Å². The summed E-state index contributed by atoms with van der Waals surface area (Å²) in [6.07, 6.45) is 4.50. The van der Waals surface area contributed by atoms with Crippen LogP contribution in [-0.2, 0) is 26.9 Å². The Kier molecular flexibility index (Phi) is 8.11. The van der Waals surface area contributed by atoms with Gasteiger partial charge in [-0.2, -0.15) is 5.26 Å². The first-order valence-corrected chi connectivity index (χ1v) is 13.6. The van der Waals surface area contributed by atoms with Crippen molar-refractivity contribution in [2.75, 3.05) is 5.75 Å². The van der Waals surface area contributed by atoms with Gasteiger partial charge in [-0.1, -0.05) is 12.8 Å². The molecule has 0 spiro atoms. The van der Waals surface area contributed by atoms with E-state index in [-0.39, 0.29) is 5.56 Å². The predicted octanol–water partition coefficient (Wildman–Crippen LogP) is 4.00. The molecule has 0 bridgehead atoms. The van der Waals surface area contributed by atoms with Crippen molar-refractivity contribution in [2.24, 2.45) is 5.92 Å². The van der Waals surface area contributed by atoms with Crippen molar-refractivity contribution in [3.63, 3.8) is 0 Å². The lowest BCUT2D eigenvalue weighted by Crippen LogP contribution is -2.55. The molecule has 0 aromatic heterocycles. The molecule has 0 amide bonds. The number of halogens is 2. The molecular formula is C20H29FIN3O3S2. The molecule has 1 saturated carbocycles. The first-order valence-electron chi connectivity index (χ1n) is 9.76. The second kappa shape index (κ2) is 9.48. The largest absolute Gasteiger partial charge is 0.598 e. The topological polar surface area (TPSA) is 96.3 Å². The van der Waals surface area contributed by atoms with Gasteiger partial charge in [-0.3, -0.25) is 0 Å². The lowest BCUT2D eigenvalue weighted by atomic mass is 9.95. The zero-order valence-electron chi connectivity index (χ0n) is 17.9. The maximum absolute atomic E-state index is 14.8. The molecule has 0 radical (unpaired) electrons. The highest BCUT2D eigenvalue weighted by molar-refractivity contribution is 14.1. The Bertz CT molecular complexity index is 913. The molecule has 1 aromatic rings. The zero-order chi connectivity index (χ0) is 22.9. The summed E-state index contributed by atoms with van der Waals surface area (Å²) in [6, 6.07) is 3.91. The van der Waals surface area contributed by atoms with Gasteiger partial charge in [0.1, 0.15) is 16.1 Å². The Morgan fingerprint density at radius 2 is 2.00 bits per heavy atom. The quantitative estimate of drug-likeness (QED) is 0.210. The van der Waals surface area contributed by atoms with E-state index in [9.17, 15) is 22.6 Å². The summed E-state index contributed by atoms with van der Waals surface area (Å²) in [5.41, 5.74) is -1.40. The molecule has 168 valence electrons. The predicted molar refractivity (Wildman–Crippen MR) is 126 cm³/mol. The van der Waals surface area contributed by atoms with Gasteiger partial charge in [0.15, 0.2) is 6.19 Å². The normalized spacial score (nSPS) is 18.9. The third-order valence-corrected chi connectivity index (χ3v) is 9.44. The Labute approximate surface area is 196 Å². The van der Waals surface area contributed by atoms with E-state index in [1.165, 1.54) is 13.0 Å². The number of benzene rings is 1. The minimum atomic E-state index is -4.11. The van der Waals surface area contributed by atoms with Crippen LogP contribution in [0.4, 0.5) is 4.39 Å². The Morgan fingerprint density at radius 3 is 2.50 bits per heavy atom. The number of nitrogens with one attached hydrogen (secondary N) is 1. The maximum Gasteiger partial charge on any atom is 0.245 e. The highest BCUT2D eigenvalue weighted by atomic mass is 127. The van der Waals surface area contributed by atoms with Gasteiger partial charge in [0.25, 0.3) is 0 Å². The van der Waals surface area contributed by atoms with Crippen LogP contribution in [0.15, 0.2) is 18.2 Å². The zero-order valence-corrected chi connectivity index (χ0v) is 21.7. The fourth-order valence-electron chi connectivity index (χ4n) is 3.24. The van der Waals surface area contributed by atoms with Gasteiger partial charge in [-0.05, 0) is 87.7 Å². The average molecular weight is 570 g/mol. The van der Waals surface area contributed by atoms with Gasteiger partial charge in [-0.15, -0.1) is 4.72 Å². The van der Waals surface area contributed by atoms with E-state index in [2.05, 4.69) is 4.72 Å². The molecule has 1 N–H and O–H groups in total. The number of nitrogens with zero attached hydrogens (tertiary/aromatic N) is 2. The van der Waals surface area contributed by atoms with Crippen LogP contribution in [0.1, 0.15) is 59.4 Å². The molecule has 1 aliphatic carbocycles. The van der Waals surface area contributed by atoms with E-state index in [4.69, 9.17) is 0 Å². The SMILES string of the molecule is C[C@H](CC1CC1)N(C#N)S(=O)(=O)C[C@](C)(N[S@+]([O-])C(C)(C)C)c1cc(I)ccc1F. The van der Waals surface area contributed by atoms with Gasteiger partial charge in [0.05, 0.1) is 11.8 Å². The number of sulfonamides is 1. The number of hydrogen-bond donors (Lipinski definition) is 1. The first kappa shape index (κ1) is 25.6. The van der Waals surface area contributed by atoms with Gasteiger partial charge >= 0.3 is 0 Å². The van der Waals surface area contributed by atoms with Crippen molar-refractivity contribution in [2.45, 2.75) is 70.2 Å². The van der Waals surface area contributed by atoms with E-state index >= 15 is 0 Å². The molecule has 1 aliphatic rings. The van der Waals surface area contributed by atoms with Crippen molar-refractivity contribution in [1.82, 2.24) is 9.03 Å². The highest BCUT2D eigenvalue weighted by Gasteiger charge is 2.44. The molecule has 1 fully saturated rings. The number of hydrogen-bond acceptors (Lipinski definition) is 5. The standard InChI is InChI=1S/C20H29FIN3O3S2/c1-14(10-15-6-7-15)25(13-23)30(27,28)12-20(5,24-29(26)19(2,3)4)17-11-16(22)8-9-18(17)21/h8-9,11,14-15,24H,6-7,10,12H2,1-5H3/t14-,20+,29-/m1/s1. The van der Waals surface area contributed by atoms with Gasteiger partial charge in [0.2, 0.25) is 10.0 Å². The molecule has 10 heteroatoms. The molecule has 0 aliphatic heterocycles. The fourth-order valence-corrected chi connectivity index (χ4v) is 6.58. The van der Waals surface area contributed by atoms with Crippen LogP contribution in [-0.4, -0.2) is 33.8 Å². The molecule has 2 rings (SSSR count). The molecule has 3 atom stereocenters. The lowest BCUT2D eigenvalue weighted by molar-refractivity contribution is 0.379. The second-order valence-corrected chi connectivity index (χ2v) is 14.2. The lowest BCUT2D eigenvalue weighted by Gasteiger charge is -2.36. The molecule has 6 nitrogen and oxygen atoms in total. The van der Waals surface area contributed by atoms with Crippen molar-refractivity contribution in [3.8, 4) is 6.19 Å². The molecule has 0 saturated heterocycles. The average Bonchev–Trinajstić information content (AvgIpc) is 3.39. The van der Waals surface area contributed by atoms with Crippen molar-refractivity contribution in [3.05, 3.63) is 33.1 Å². The van der Waals surface area contributed by atoms with Crippen LogP contribution < -0.4 is 4.72 Å². The molecular weight excluding hydrogens is 540 g/mol. The van der Waals surface area contributed by atoms with Crippen LogP contribution in [0.25, 0.3) is 0 Å². The van der Waals surface area contributed by atoms with E-state index in [0.29, 0.717) is 12.3 Å². The van der Waals surface area contributed by atoms with Crippen LogP contribution in [0.2, 0.25) is 0 Å². The monoisotopic (exact) mass is 569 g/mol. The minimum absolute atomic E-state index is 0.100.